The van der Waals surface area contributed by atoms with E-state index in [1.54, 1.807) is 6.92 Å². The molecule has 2 N–H and O–H groups in total. The van der Waals surface area contributed by atoms with Gasteiger partial charge in [-0.3, -0.25) is 0 Å². The predicted octanol–water partition coefficient (Wildman–Crippen LogP) is 0.903. The molecule has 0 radical (unpaired) electrons. The molecule has 1 unspecified atom stereocenters. The van der Waals surface area contributed by atoms with Crippen molar-refractivity contribution in [2.24, 2.45) is 0 Å². The number of hydrogen-bond donors (Lipinski definition) is 2. The maximum Gasteiger partial charge on any atom is 0.0920 e. The topological polar surface area (TPSA) is 40.5 Å². The highest BCUT2D eigenvalue weighted by Gasteiger charge is 2.26. The van der Waals surface area contributed by atoms with E-state index in [0.29, 0.717) is 11.8 Å². The zero-order chi connectivity index (χ0) is 7.49. The maximum atomic E-state index is 9.31. The number of hydrogen-bond acceptors (Lipinski definition) is 2. The van der Waals surface area contributed by atoms with Crippen molar-refractivity contribution in [1.82, 2.24) is 0 Å². The van der Waals surface area contributed by atoms with Crippen LogP contribution in [0.2, 0.25) is 0 Å². The third kappa shape index (κ3) is 2.65. The van der Waals surface area contributed by atoms with Crippen molar-refractivity contribution in [3.05, 3.63) is 0 Å². The molecule has 2 nitrogen and oxygen atoms in total. The minimum atomic E-state index is -0.941. The SMILES string of the molecule is CC[C@](C)(O)C(O)CBr. The van der Waals surface area contributed by atoms with E-state index in [9.17, 15) is 5.11 Å². The van der Waals surface area contributed by atoms with Gasteiger partial charge in [-0.15, -0.1) is 0 Å². The fourth-order valence-electron chi connectivity index (χ4n) is 0.402. The van der Waals surface area contributed by atoms with Crippen LogP contribution in [0.5, 0.6) is 0 Å². The van der Waals surface area contributed by atoms with Crippen LogP contribution < -0.4 is 0 Å². The van der Waals surface area contributed by atoms with Crippen LogP contribution in [0.1, 0.15) is 20.3 Å². The monoisotopic (exact) mass is 196 g/mol. The predicted molar refractivity (Wildman–Crippen MR) is 40.7 cm³/mol. The smallest absolute Gasteiger partial charge is 0.0920 e. The number of aliphatic hydroxyl groups excluding tert-OH is 1. The van der Waals surface area contributed by atoms with Gasteiger partial charge < -0.3 is 10.2 Å². The summed E-state index contributed by atoms with van der Waals surface area (Å²) in [7, 11) is 0. The van der Waals surface area contributed by atoms with Crippen LogP contribution in [0.4, 0.5) is 0 Å². The van der Waals surface area contributed by atoms with Crippen molar-refractivity contribution in [3.63, 3.8) is 0 Å². The summed E-state index contributed by atoms with van der Waals surface area (Å²) in [4.78, 5) is 0. The average Bonchev–Trinajstić information content (AvgIpc) is 1.86. The lowest BCUT2D eigenvalue weighted by Gasteiger charge is -2.25. The Balaban J connectivity index is 3.80. The van der Waals surface area contributed by atoms with E-state index in [2.05, 4.69) is 15.9 Å². The Morgan fingerprint density at radius 1 is 1.67 bits per heavy atom. The molecule has 56 valence electrons. The lowest BCUT2D eigenvalue weighted by molar-refractivity contribution is -0.0511. The molecule has 0 bridgehead atoms. The van der Waals surface area contributed by atoms with Crippen molar-refractivity contribution in [1.29, 1.82) is 0 Å². The normalized spacial score (nSPS) is 21.0. The number of aliphatic hydroxyl groups is 2. The average molecular weight is 197 g/mol. The van der Waals surface area contributed by atoms with Crippen molar-refractivity contribution in [2.75, 3.05) is 5.33 Å². The lowest BCUT2D eigenvalue weighted by Crippen LogP contribution is -2.39. The lowest BCUT2D eigenvalue weighted by atomic mass is 9.98. The Labute approximate surface area is 64.0 Å². The highest BCUT2D eigenvalue weighted by atomic mass is 79.9. The van der Waals surface area contributed by atoms with Crippen LogP contribution >= 0.6 is 15.9 Å². The van der Waals surface area contributed by atoms with Crippen molar-refractivity contribution in [2.45, 2.75) is 32.0 Å². The van der Waals surface area contributed by atoms with E-state index < -0.39 is 11.7 Å². The molecule has 0 aromatic rings. The van der Waals surface area contributed by atoms with Gasteiger partial charge in [-0.25, -0.2) is 0 Å². The molecule has 2 atom stereocenters. The largest absolute Gasteiger partial charge is 0.389 e. The molecule has 0 saturated heterocycles. The summed E-state index contributed by atoms with van der Waals surface area (Å²) in [5, 5.41) is 18.8. The zero-order valence-corrected chi connectivity index (χ0v) is 7.35. The first-order valence-corrected chi connectivity index (χ1v) is 4.13. The number of alkyl halides is 1. The van der Waals surface area contributed by atoms with E-state index in [4.69, 9.17) is 5.11 Å². The van der Waals surface area contributed by atoms with Crippen LogP contribution in [0.25, 0.3) is 0 Å². The van der Waals surface area contributed by atoms with E-state index in [1.165, 1.54) is 0 Å². The van der Waals surface area contributed by atoms with Gasteiger partial charge in [0.05, 0.1) is 11.7 Å². The zero-order valence-electron chi connectivity index (χ0n) is 5.76. The fraction of sp³-hybridized carbons (Fsp3) is 1.00. The summed E-state index contributed by atoms with van der Waals surface area (Å²) in [5.41, 5.74) is -0.941. The molecule has 0 rings (SSSR count). The van der Waals surface area contributed by atoms with Crippen LogP contribution in [-0.4, -0.2) is 27.2 Å². The Bertz CT molecular complexity index is 83.1. The second-order valence-corrected chi connectivity index (χ2v) is 3.03. The van der Waals surface area contributed by atoms with Gasteiger partial charge >= 0.3 is 0 Å². The quantitative estimate of drug-likeness (QED) is 0.660. The van der Waals surface area contributed by atoms with Gasteiger partial charge in [-0.2, -0.15) is 0 Å². The van der Waals surface area contributed by atoms with E-state index >= 15 is 0 Å². The van der Waals surface area contributed by atoms with Crippen LogP contribution in [0.3, 0.4) is 0 Å². The first kappa shape index (κ1) is 9.40. The molecule has 0 aliphatic carbocycles. The molecule has 0 aromatic heterocycles. The van der Waals surface area contributed by atoms with Crippen molar-refractivity contribution in [3.8, 4) is 0 Å². The second kappa shape index (κ2) is 3.54. The Morgan fingerprint density at radius 2 is 2.11 bits per heavy atom. The van der Waals surface area contributed by atoms with Gasteiger partial charge in [0, 0.05) is 5.33 Å². The maximum absolute atomic E-state index is 9.31. The molecular formula is C6H13BrO2. The van der Waals surface area contributed by atoms with Crippen LogP contribution in [-0.2, 0) is 0 Å². The van der Waals surface area contributed by atoms with Crippen LogP contribution in [0.15, 0.2) is 0 Å². The molecule has 0 aliphatic rings. The Morgan fingerprint density at radius 3 is 2.22 bits per heavy atom. The second-order valence-electron chi connectivity index (χ2n) is 2.38. The van der Waals surface area contributed by atoms with E-state index in [0.717, 1.165) is 0 Å². The Kier molecular flexibility index (Phi) is 3.70. The highest BCUT2D eigenvalue weighted by Crippen LogP contribution is 2.15. The third-order valence-electron chi connectivity index (χ3n) is 1.58. The molecule has 9 heavy (non-hydrogen) atoms. The molecular weight excluding hydrogens is 184 g/mol. The summed E-state index contributed by atoms with van der Waals surface area (Å²) in [6, 6.07) is 0. The molecule has 0 aliphatic heterocycles. The molecule has 0 heterocycles. The summed E-state index contributed by atoms with van der Waals surface area (Å²) in [6.07, 6.45) is -0.0951. The minimum Gasteiger partial charge on any atom is -0.389 e. The van der Waals surface area contributed by atoms with Gasteiger partial charge in [0.15, 0.2) is 0 Å². The molecule has 0 aromatic carbocycles. The first-order chi connectivity index (χ1) is 4.04. The summed E-state index contributed by atoms with van der Waals surface area (Å²) >= 11 is 3.08. The van der Waals surface area contributed by atoms with Crippen molar-refractivity contribution < 1.29 is 10.2 Å². The minimum absolute atomic E-state index is 0.424. The molecule has 0 spiro atoms. The van der Waals surface area contributed by atoms with Gasteiger partial charge in [0.25, 0.3) is 0 Å². The van der Waals surface area contributed by atoms with Crippen molar-refractivity contribution >= 4 is 15.9 Å². The molecule has 0 fully saturated rings. The highest BCUT2D eigenvalue weighted by molar-refractivity contribution is 9.09. The molecule has 0 amide bonds. The molecule has 0 saturated carbocycles. The van der Waals surface area contributed by atoms with Gasteiger partial charge in [0.2, 0.25) is 0 Å². The fourth-order valence-corrected chi connectivity index (χ4v) is 1.10. The summed E-state index contributed by atoms with van der Waals surface area (Å²) in [5.74, 6) is 0. The number of rotatable bonds is 3. The van der Waals surface area contributed by atoms with E-state index in [1.807, 2.05) is 6.92 Å². The van der Waals surface area contributed by atoms with E-state index in [-0.39, 0.29) is 0 Å². The first-order valence-electron chi connectivity index (χ1n) is 3.01. The summed E-state index contributed by atoms with van der Waals surface area (Å²) < 4.78 is 0. The van der Waals surface area contributed by atoms with Gasteiger partial charge in [-0.05, 0) is 13.3 Å². The van der Waals surface area contributed by atoms with Crippen LogP contribution in [0, 0.1) is 0 Å². The summed E-state index contributed by atoms with van der Waals surface area (Å²) in [6.45, 7) is 3.46. The standard InChI is InChI=1S/C6H13BrO2/c1-3-6(2,9)5(8)4-7/h5,8-9H,3-4H2,1-2H3/t5?,6-/m0/s1. The number of halogens is 1. The van der Waals surface area contributed by atoms with Gasteiger partial charge in [0.1, 0.15) is 0 Å². The third-order valence-corrected chi connectivity index (χ3v) is 2.19. The molecule has 3 heteroatoms. The Hall–Kier alpha value is 0.400. The van der Waals surface area contributed by atoms with Gasteiger partial charge in [-0.1, -0.05) is 22.9 Å².